The van der Waals surface area contributed by atoms with E-state index in [0.29, 0.717) is 19.6 Å². The second kappa shape index (κ2) is 12.6. The van der Waals surface area contributed by atoms with Crippen molar-refractivity contribution in [1.82, 2.24) is 0 Å². The molecule has 0 spiro atoms. The molecule has 1 saturated heterocycles. The van der Waals surface area contributed by atoms with E-state index >= 15 is 0 Å². The van der Waals surface area contributed by atoms with Gasteiger partial charge in [0.1, 0.15) is 0 Å². The highest BCUT2D eigenvalue weighted by molar-refractivity contribution is 6.76. The summed E-state index contributed by atoms with van der Waals surface area (Å²) in [4.78, 5) is 12.1. The van der Waals surface area contributed by atoms with Crippen LogP contribution in [0.5, 0.6) is 0 Å². The Kier molecular flexibility index (Phi) is 11.3. The van der Waals surface area contributed by atoms with Crippen molar-refractivity contribution in [2.24, 2.45) is 0 Å². The van der Waals surface area contributed by atoms with Gasteiger partial charge in [0.05, 0.1) is 19.3 Å². The Hall–Kier alpha value is -0.953. The first-order valence-electron chi connectivity index (χ1n) is 10.4. The van der Waals surface area contributed by atoms with Gasteiger partial charge in [0, 0.05) is 34.3 Å². The zero-order chi connectivity index (χ0) is 21.2. The number of ether oxygens (including phenoxy) is 4. The lowest BCUT2D eigenvalue weighted by atomic mass is 9.99. The van der Waals surface area contributed by atoms with E-state index in [1.807, 2.05) is 6.92 Å². The number of hydrogen-bond acceptors (Lipinski definition) is 5. The average Bonchev–Trinajstić information content (AvgIpc) is 2.61. The van der Waals surface area contributed by atoms with Crippen LogP contribution in [0.15, 0.2) is 22.8 Å². The second-order valence-corrected chi connectivity index (χ2v) is 14.3. The summed E-state index contributed by atoms with van der Waals surface area (Å²) in [5.41, 5.74) is 3.44. The summed E-state index contributed by atoms with van der Waals surface area (Å²) in [6.07, 6.45) is 5.30. The fraction of sp³-hybridized carbons (Fsp3) is 0.773. The molecule has 1 aliphatic heterocycles. The van der Waals surface area contributed by atoms with Crippen molar-refractivity contribution >= 4 is 14.0 Å². The summed E-state index contributed by atoms with van der Waals surface area (Å²) in [6, 6.07) is 0.896. The van der Waals surface area contributed by atoms with Crippen LogP contribution < -0.4 is 0 Å². The van der Waals surface area contributed by atoms with E-state index in [9.17, 15) is 4.79 Å². The monoisotopic (exact) mass is 412 g/mol. The van der Waals surface area contributed by atoms with Crippen molar-refractivity contribution in [3.05, 3.63) is 22.8 Å². The van der Waals surface area contributed by atoms with Gasteiger partial charge in [-0.05, 0) is 57.2 Å². The van der Waals surface area contributed by atoms with E-state index in [2.05, 4.69) is 33.5 Å². The van der Waals surface area contributed by atoms with E-state index in [0.717, 1.165) is 37.5 Å². The molecule has 1 fully saturated rings. The molecule has 2 atom stereocenters. The zero-order valence-electron chi connectivity index (χ0n) is 18.9. The van der Waals surface area contributed by atoms with Crippen molar-refractivity contribution in [2.75, 3.05) is 26.9 Å². The molecule has 1 rings (SSSR count). The largest absolute Gasteiger partial charge is 0.463 e. The lowest BCUT2D eigenvalue weighted by molar-refractivity contribution is -0.157. The molecular weight excluding hydrogens is 372 g/mol. The van der Waals surface area contributed by atoms with Crippen LogP contribution in [0, 0.1) is 0 Å². The molecule has 0 bridgehead atoms. The van der Waals surface area contributed by atoms with Gasteiger partial charge in [0.2, 0.25) is 0 Å². The van der Waals surface area contributed by atoms with E-state index in [-0.39, 0.29) is 18.4 Å². The number of hydrogen-bond donors (Lipinski definition) is 0. The highest BCUT2D eigenvalue weighted by Crippen LogP contribution is 2.27. The van der Waals surface area contributed by atoms with E-state index < -0.39 is 8.07 Å². The van der Waals surface area contributed by atoms with Crippen LogP contribution in [-0.4, -0.2) is 53.4 Å². The molecule has 28 heavy (non-hydrogen) atoms. The Balaban J connectivity index is 2.90. The minimum Gasteiger partial charge on any atom is -0.463 e. The lowest BCUT2D eigenvalue weighted by Gasteiger charge is -2.27. The normalized spacial score (nSPS) is 19.2. The maximum atomic E-state index is 12.1. The Bertz CT molecular complexity index is 538. The Morgan fingerprint density at radius 3 is 2.46 bits per heavy atom. The van der Waals surface area contributed by atoms with Gasteiger partial charge in [0.15, 0.2) is 6.29 Å². The van der Waals surface area contributed by atoms with Gasteiger partial charge >= 0.3 is 5.97 Å². The van der Waals surface area contributed by atoms with E-state index in [1.165, 1.54) is 11.1 Å². The minimum absolute atomic E-state index is 0.111. The number of esters is 1. The van der Waals surface area contributed by atoms with E-state index in [1.54, 1.807) is 13.2 Å². The predicted octanol–water partition coefficient (Wildman–Crippen LogP) is 5.10. The number of rotatable bonds is 11. The summed E-state index contributed by atoms with van der Waals surface area (Å²) < 4.78 is 22.7. The van der Waals surface area contributed by atoms with Crippen molar-refractivity contribution in [1.29, 1.82) is 0 Å². The lowest BCUT2D eigenvalue weighted by Crippen LogP contribution is -2.28. The molecule has 1 aliphatic rings. The third-order valence-corrected chi connectivity index (χ3v) is 6.21. The number of carbonyl (C=O) groups is 1. The third-order valence-electron chi connectivity index (χ3n) is 4.74. The molecule has 0 amide bonds. The topological polar surface area (TPSA) is 54.0 Å². The maximum absolute atomic E-state index is 12.1. The van der Waals surface area contributed by atoms with Crippen LogP contribution in [0.25, 0.3) is 0 Å². The first-order valence-corrected chi connectivity index (χ1v) is 14.2. The number of carbonyl (C=O) groups excluding carboxylic acids is 1. The van der Waals surface area contributed by atoms with Crippen LogP contribution in [0.4, 0.5) is 0 Å². The fourth-order valence-electron chi connectivity index (χ4n) is 3.24. The van der Waals surface area contributed by atoms with Crippen LogP contribution in [0.1, 0.15) is 46.5 Å². The highest BCUT2D eigenvalue weighted by atomic mass is 28.3. The maximum Gasteiger partial charge on any atom is 0.330 e. The van der Waals surface area contributed by atoms with E-state index in [4.69, 9.17) is 18.9 Å². The molecular formula is C22H40O5Si. The second-order valence-electron chi connectivity index (χ2n) is 8.85. The molecule has 0 N–H and O–H groups in total. The molecule has 0 aromatic rings. The smallest absolute Gasteiger partial charge is 0.330 e. The molecule has 6 heteroatoms. The first kappa shape index (κ1) is 25.1. The Morgan fingerprint density at radius 2 is 1.96 bits per heavy atom. The van der Waals surface area contributed by atoms with Gasteiger partial charge < -0.3 is 18.9 Å². The molecule has 0 radical (unpaired) electrons. The van der Waals surface area contributed by atoms with Crippen molar-refractivity contribution < 1.29 is 23.7 Å². The van der Waals surface area contributed by atoms with Gasteiger partial charge in [-0.2, -0.15) is 0 Å². The summed E-state index contributed by atoms with van der Waals surface area (Å²) in [6.45, 7) is 14.6. The predicted molar refractivity (Wildman–Crippen MR) is 116 cm³/mol. The molecule has 0 aromatic carbocycles. The number of allylic oxidation sites excluding steroid dienone is 1. The molecule has 1 unspecified atom stereocenters. The molecule has 0 saturated carbocycles. The third kappa shape index (κ3) is 10.0. The quantitative estimate of drug-likeness (QED) is 0.204. The van der Waals surface area contributed by atoms with Crippen LogP contribution in [0.2, 0.25) is 25.7 Å². The highest BCUT2D eigenvalue weighted by Gasteiger charge is 2.25. The van der Waals surface area contributed by atoms with Gasteiger partial charge in [-0.15, -0.1) is 0 Å². The van der Waals surface area contributed by atoms with Crippen molar-refractivity contribution in [2.45, 2.75) is 84.5 Å². The van der Waals surface area contributed by atoms with Crippen molar-refractivity contribution in [3.8, 4) is 0 Å². The number of methoxy groups -OCH3 is 1. The van der Waals surface area contributed by atoms with Gasteiger partial charge in [-0.1, -0.05) is 25.2 Å². The SMILES string of the molecule is CCOC(=O)/C=C(\C[Si](C)(C)C)[C@H](CC(COC1CCCCO1)=C(C)C)OC. The fourth-order valence-corrected chi connectivity index (χ4v) is 4.79. The van der Waals surface area contributed by atoms with Gasteiger partial charge in [-0.25, -0.2) is 4.79 Å². The van der Waals surface area contributed by atoms with Gasteiger partial charge in [0.25, 0.3) is 0 Å². The summed E-state index contributed by atoms with van der Waals surface area (Å²) in [7, 11) is 0.274. The molecule has 0 aromatic heterocycles. The summed E-state index contributed by atoms with van der Waals surface area (Å²) in [5, 5.41) is 0. The van der Waals surface area contributed by atoms with Crippen LogP contribution in [-0.2, 0) is 23.7 Å². The average molecular weight is 413 g/mol. The van der Waals surface area contributed by atoms with Crippen LogP contribution in [0.3, 0.4) is 0 Å². The van der Waals surface area contributed by atoms with Crippen molar-refractivity contribution in [3.63, 3.8) is 0 Å². The zero-order valence-corrected chi connectivity index (χ0v) is 19.9. The standard InChI is InChI=1S/C22H40O5Si/c1-8-25-21(23)14-19(16-28(5,6)7)20(24-4)13-18(17(2)3)15-27-22-11-9-10-12-26-22/h14,20,22H,8-13,15-16H2,1-7H3/b19-14+/t20-,22?/m0/s1. The first-order chi connectivity index (χ1) is 13.2. The molecule has 5 nitrogen and oxygen atoms in total. The molecule has 0 aliphatic carbocycles. The van der Waals surface area contributed by atoms with Gasteiger partial charge in [-0.3, -0.25) is 0 Å². The Labute approximate surface area is 172 Å². The Morgan fingerprint density at radius 1 is 1.25 bits per heavy atom. The minimum atomic E-state index is -1.44. The molecule has 162 valence electrons. The van der Waals surface area contributed by atoms with Crippen LogP contribution >= 0.6 is 0 Å². The summed E-state index contributed by atoms with van der Waals surface area (Å²) >= 11 is 0. The summed E-state index contributed by atoms with van der Waals surface area (Å²) in [5.74, 6) is -0.289. The molecule has 1 heterocycles.